The molecule has 0 N–H and O–H groups in total. The predicted molar refractivity (Wildman–Crippen MR) is 105 cm³/mol. The summed E-state index contributed by atoms with van der Waals surface area (Å²) in [5.74, 6) is -0.0537. The molecule has 1 aromatic rings. The summed E-state index contributed by atoms with van der Waals surface area (Å²) < 4.78 is 11.4. The van der Waals surface area contributed by atoms with Gasteiger partial charge in [-0.2, -0.15) is 0 Å². The molecule has 1 amide bonds. The lowest BCUT2D eigenvalue weighted by atomic mass is 9.94. The van der Waals surface area contributed by atoms with Gasteiger partial charge in [-0.15, -0.1) is 0 Å². The van der Waals surface area contributed by atoms with Gasteiger partial charge >= 0.3 is 5.97 Å². The van der Waals surface area contributed by atoms with Crippen molar-refractivity contribution < 1.29 is 19.1 Å². The summed E-state index contributed by atoms with van der Waals surface area (Å²) in [5, 5.41) is 0. The first-order chi connectivity index (χ1) is 12.4. The average molecular weight is 424 g/mol. The van der Waals surface area contributed by atoms with E-state index in [1.165, 1.54) is 12.5 Å². The van der Waals surface area contributed by atoms with E-state index in [9.17, 15) is 9.59 Å². The van der Waals surface area contributed by atoms with Crippen molar-refractivity contribution in [2.75, 3.05) is 14.2 Å². The highest BCUT2D eigenvalue weighted by Crippen LogP contribution is 2.24. The Balaban J connectivity index is 1.94. The summed E-state index contributed by atoms with van der Waals surface area (Å²) in [7, 11) is 3.37. The van der Waals surface area contributed by atoms with Crippen molar-refractivity contribution in [2.24, 2.45) is 0 Å². The number of benzene rings is 1. The Kier molecular flexibility index (Phi) is 7.69. The van der Waals surface area contributed by atoms with Gasteiger partial charge in [0.15, 0.2) is 6.10 Å². The lowest BCUT2D eigenvalue weighted by molar-refractivity contribution is -0.156. The Labute approximate surface area is 163 Å². The topological polar surface area (TPSA) is 55.8 Å². The van der Waals surface area contributed by atoms with E-state index < -0.39 is 12.1 Å². The second-order valence-electron chi connectivity index (χ2n) is 6.54. The second-order valence-corrected chi connectivity index (χ2v) is 7.46. The number of methoxy groups -OCH3 is 1. The third-order valence-electron chi connectivity index (χ3n) is 4.70. The molecule has 1 aromatic carbocycles. The van der Waals surface area contributed by atoms with E-state index in [4.69, 9.17) is 9.47 Å². The fourth-order valence-electron chi connectivity index (χ4n) is 3.19. The molecular weight excluding hydrogens is 398 g/mol. The molecule has 26 heavy (non-hydrogen) atoms. The minimum atomic E-state index is -0.802. The van der Waals surface area contributed by atoms with E-state index in [2.05, 4.69) is 15.9 Å². The van der Waals surface area contributed by atoms with Gasteiger partial charge in [0.2, 0.25) is 0 Å². The maximum Gasteiger partial charge on any atom is 0.331 e. The van der Waals surface area contributed by atoms with Crippen LogP contribution in [-0.2, 0) is 14.3 Å². The maximum absolute atomic E-state index is 12.5. The van der Waals surface area contributed by atoms with Gasteiger partial charge in [0.25, 0.3) is 5.91 Å². The average Bonchev–Trinajstić information content (AvgIpc) is 2.66. The zero-order chi connectivity index (χ0) is 19.1. The van der Waals surface area contributed by atoms with Gasteiger partial charge in [0.1, 0.15) is 5.75 Å². The number of halogens is 1. The van der Waals surface area contributed by atoms with Crippen LogP contribution in [0, 0.1) is 0 Å². The van der Waals surface area contributed by atoms with Crippen LogP contribution < -0.4 is 4.74 Å². The molecule has 0 saturated heterocycles. The van der Waals surface area contributed by atoms with Crippen LogP contribution in [0.3, 0.4) is 0 Å². The van der Waals surface area contributed by atoms with Crippen molar-refractivity contribution in [2.45, 2.75) is 51.2 Å². The van der Waals surface area contributed by atoms with Gasteiger partial charge in [-0.1, -0.05) is 35.2 Å². The molecule has 1 atom stereocenters. The van der Waals surface area contributed by atoms with Gasteiger partial charge < -0.3 is 14.4 Å². The summed E-state index contributed by atoms with van der Waals surface area (Å²) >= 11 is 3.39. The molecule has 1 aliphatic carbocycles. The minimum Gasteiger partial charge on any atom is -0.496 e. The number of rotatable bonds is 6. The molecule has 0 aliphatic heterocycles. The molecule has 0 bridgehead atoms. The first-order valence-corrected chi connectivity index (χ1v) is 9.70. The molecule has 0 unspecified atom stereocenters. The number of hydrogen-bond donors (Lipinski definition) is 0. The number of hydrogen-bond acceptors (Lipinski definition) is 4. The maximum atomic E-state index is 12.5. The van der Waals surface area contributed by atoms with E-state index in [-0.39, 0.29) is 11.9 Å². The number of ether oxygens (including phenoxy) is 2. The molecular formula is C20H26BrNO4. The molecule has 1 fully saturated rings. The molecule has 0 heterocycles. The summed E-state index contributed by atoms with van der Waals surface area (Å²) in [6, 6.07) is 5.75. The van der Waals surface area contributed by atoms with E-state index >= 15 is 0 Å². The fourth-order valence-corrected chi connectivity index (χ4v) is 3.57. The second kappa shape index (κ2) is 9.76. The van der Waals surface area contributed by atoms with Crippen LogP contribution >= 0.6 is 15.9 Å². The zero-order valence-electron chi connectivity index (χ0n) is 15.5. The number of likely N-dealkylation sites (N-methyl/N-ethyl adjacent to an activating group) is 1. The van der Waals surface area contributed by atoms with Crippen LogP contribution in [0.25, 0.3) is 6.08 Å². The van der Waals surface area contributed by atoms with Gasteiger partial charge in [-0.25, -0.2) is 4.79 Å². The number of esters is 1. The summed E-state index contributed by atoms with van der Waals surface area (Å²) in [4.78, 5) is 26.3. The van der Waals surface area contributed by atoms with Gasteiger partial charge in [0.05, 0.1) is 7.11 Å². The monoisotopic (exact) mass is 423 g/mol. The molecule has 6 heteroatoms. The first-order valence-electron chi connectivity index (χ1n) is 8.91. The molecule has 0 radical (unpaired) electrons. The van der Waals surface area contributed by atoms with E-state index in [1.807, 2.05) is 12.1 Å². The van der Waals surface area contributed by atoms with Crippen LogP contribution in [-0.4, -0.2) is 43.1 Å². The van der Waals surface area contributed by atoms with Crippen molar-refractivity contribution in [1.29, 1.82) is 0 Å². The Hall–Kier alpha value is -1.82. The Bertz CT molecular complexity index is 668. The molecule has 1 aliphatic rings. The zero-order valence-corrected chi connectivity index (χ0v) is 17.1. The van der Waals surface area contributed by atoms with Crippen LogP contribution in [0.5, 0.6) is 5.75 Å². The number of carbonyl (C=O) groups excluding carboxylic acids is 2. The summed E-state index contributed by atoms with van der Waals surface area (Å²) in [6.45, 7) is 1.62. The Morgan fingerprint density at radius 1 is 1.27 bits per heavy atom. The Morgan fingerprint density at radius 2 is 1.96 bits per heavy atom. The quantitative estimate of drug-likeness (QED) is 0.508. The van der Waals surface area contributed by atoms with Crippen molar-refractivity contribution in [1.82, 2.24) is 4.90 Å². The molecule has 142 valence electrons. The number of amides is 1. The van der Waals surface area contributed by atoms with Crippen molar-refractivity contribution in [3.05, 3.63) is 34.3 Å². The van der Waals surface area contributed by atoms with Crippen LogP contribution in [0.2, 0.25) is 0 Å². The minimum absolute atomic E-state index is 0.154. The van der Waals surface area contributed by atoms with Crippen LogP contribution in [0.1, 0.15) is 44.6 Å². The van der Waals surface area contributed by atoms with E-state index in [0.29, 0.717) is 5.75 Å². The highest BCUT2D eigenvalue weighted by Gasteiger charge is 2.27. The number of carbonyl (C=O) groups is 2. The highest BCUT2D eigenvalue weighted by atomic mass is 79.9. The fraction of sp³-hybridized carbons (Fsp3) is 0.500. The SMILES string of the molecule is COc1ccc(Br)cc1/C=C/C(=O)O[C@H](C)C(=O)N(C)C1CCCCC1. The highest BCUT2D eigenvalue weighted by molar-refractivity contribution is 9.10. The normalized spacial score (nSPS) is 16.3. The van der Waals surface area contributed by atoms with E-state index in [0.717, 1.165) is 35.7 Å². The Morgan fingerprint density at radius 3 is 2.62 bits per heavy atom. The van der Waals surface area contributed by atoms with Crippen molar-refractivity contribution in [3.63, 3.8) is 0 Å². The molecule has 0 aromatic heterocycles. The first kappa shape index (κ1) is 20.5. The van der Waals surface area contributed by atoms with Gasteiger partial charge in [-0.3, -0.25) is 4.79 Å². The van der Waals surface area contributed by atoms with Gasteiger partial charge in [0, 0.05) is 29.2 Å². The van der Waals surface area contributed by atoms with Gasteiger partial charge in [-0.05, 0) is 44.0 Å². The summed E-state index contributed by atoms with van der Waals surface area (Å²) in [5.41, 5.74) is 0.747. The molecule has 2 rings (SSSR count). The lowest BCUT2D eigenvalue weighted by Crippen LogP contribution is -2.44. The predicted octanol–water partition coefficient (Wildman–Crippen LogP) is 4.19. The smallest absolute Gasteiger partial charge is 0.331 e. The van der Waals surface area contributed by atoms with Crippen molar-refractivity contribution >= 4 is 33.9 Å². The molecule has 0 spiro atoms. The molecule has 5 nitrogen and oxygen atoms in total. The van der Waals surface area contributed by atoms with Crippen LogP contribution in [0.4, 0.5) is 0 Å². The van der Waals surface area contributed by atoms with E-state index in [1.54, 1.807) is 38.1 Å². The third kappa shape index (κ3) is 5.59. The standard InChI is InChI=1S/C20H26BrNO4/c1-14(20(24)22(2)17-7-5-4-6-8-17)26-19(23)12-9-15-13-16(21)10-11-18(15)25-3/h9-14,17H,4-8H2,1-3H3/b12-9+/t14-/m1/s1. The number of nitrogens with zero attached hydrogens (tertiary/aromatic N) is 1. The largest absolute Gasteiger partial charge is 0.496 e. The lowest BCUT2D eigenvalue weighted by Gasteiger charge is -2.32. The van der Waals surface area contributed by atoms with Crippen molar-refractivity contribution in [3.8, 4) is 5.75 Å². The molecule has 1 saturated carbocycles. The summed E-state index contributed by atoms with van der Waals surface area (Å²) in [6.07, 6.45) is 7.69. The third-order valence-corrected chi connectivity index (χ3v) is 5.19. The van der Waals surface area contributed by atoms with Crippen LogP contribution in [0.15, 0.2) is 28.7 Å².